The minimum Gasteiger partial charge on any atom is -0.497 e. The number of amides is 1. The van der Waals surface area contributed by atoms with Gasteiger partial charge in [-0.3, -0.25) is 4.79 Å². The first-order valence-corrected chi connectivity index (χ1v) is 9.25. The highest BCUT2D eigenvalue weighted by atomic mass is 16.6. The highest BCUT2D eigenvalue weighted by molar-refractivity contribution is 5.93. The van der Waals surface area contributed by atoms with Crippen molar-refractivity contribution in [3.8, 4) is 23.0 Å². The first-order chi connectivity index (χ1) is 13.5. The van der Waals surface area contributed by atoms with Gasteiger partial charge in [0.15, 0.2) is 17.5 Å². The molecule has 0 spiro atoms. The van der Waals surface area contributed by atoms with E-state index in [0.29, 0.717) is 36.9 Å². The summed E-state index contributed by atoms with van der Waals surface area (Å²) in [6, 6.07) is 10.9. The average Bonchev–Trinajstić information content (AvgIpc) is 2.73. The number of quaternary nitrogens is 1. The molecule has 150 valence electrons. The van der Waals surface area contributed by atoms with Gasteiger partial charge in [0.25, 0.3) is 5.91 Å². The molecule has 1 unspecified atom stereocenters. The maximum atomic E-state index is 12.7. The summed E-state index contributed by atoms with van der Waals surface area (Å²) in [5.41, 5.74) is 1.70. The van der Waals surface area contributed by atoms with E-state index < -0.39 is 0 Å². The number of anilines is 1. The molecule has 2 atom stereocenters. The molecule has 2 aromatic carbocycles. The van der Waals surface area contributed by atoms with E-state index in [2.05, 4.69) is 5.32 Å². The van der Waals surface area contributed by atoms with Crippen molar-refractivity contribution in [2.75, 3.05) is 39.8 Å². The molecule has 2 aromatic rings. The van der Waals surface area contributed by atoms with Crippen LogP contribution in [-0.2, 0) is 11.3 Å². The minimum atomic E-state index is -0.264. The number of ether oxygens (including phenoxy) is 4. The van der Waals surface area contributed by atoms with E-state index in [9.17, 15) is 4.79 Å². The Morgan fingerprint density at radius 2 is 1.86 bits per heavy atom. The van der Waals surface area contributed by atoms with Gasteiger partial charge >= 0.3 is 0 Å². The molecule has 0 aliphatic carbocycles. The number of carbonyl (C=O) groups excluding carboxylic acids is 1. The largest absolute Gasteiger partial charge is 0.497 e. The lowest BCUT2D eigenvalue weighted by Gasteiger charge is -2.23. The van der Waals surface area contributed by atoms with E-state index in [1.54, 1.807) is 20.3 Å². The van der Waals surface area contributed by atoms with Crippen molar-refractivity contribution in [2.45, 2.75) is 19.5 Å². The Labute approximate surface area is 165 Å². The third-order valence-corrected chi connectivity index (χ3v) is 4.91. The number of carbonyl (C=O) groups is 1. The van der Waals surface area contributed by atoms with Gasteiger partial charge in [-0.15, -0.1) is 0 Å². The molecule has 7 nitrogen and oxygen atoms in total. The molecular formula is C21H27N2O5+. The Hall–Kier alpha value is -2.93. The summed E-state index contributed by atoms with van der Waals surface area (Å²) in [6.45, 7) is 3.59. The fourth-order valence-electron chi connectivity index (χ4n) is 3.05. The number of hydrogen-bond donors (Lipinski definition) is 2. The molecule has 1 aliphatic rings. The van der Waals surface area contributed by atoms with E-state index >= 15 is 0 Å². The van der Waals surface area contributed by atoms with Crippen LogP contribution in [0.3, 0.4) is 0 Å². The molecule has 1 amide bonds. The van der Waals surface area contributed by atoms with Crippen LogP contribution in [0.4, 0.5) is 5.69 Å². The molecule has 1 heterocycles. The Balaban J connectivity index is 1.64. The molecule has 2 N–H and O–H groups in total. The van der Waals surface area contributed by atoms with Crippen LogP contribution in [0.5, 0.6) is 23.0 Å². The van der Waals surface area contributed by atoms with Gasteiger partial charge in [0.2, 0.25) is 0 Å². The summed E-state index contributed by atoms with van der Waals surface area (Å²) in [4.78, 5) is 13.8. The van der Waals surface area contributed by atoms with Gasteiger partial charge in [-0.05, 0) is 31.2 Å². The van der Waals surface area contributed by atoms with Crippen LogP contribution in [0, 0.1) is 0 Å². The van der Waals surface area contributed by atoms with Gasteiger partial charge in [0.1, 0.15) is 31.3 Å². The molecule has 0 aromatic heterocycles. The second-order valence-corrected chi connectivity index (χ2v) is 6.77. The third kappa shape index (κ3) is 4.48. The van der Waals surface area contributed by atoms with E-state index in [1.807, 2.05) is 44.3 Å². The first kappa shape index (κ1) is 19.8. The van der Waals surface area contributed by atoms with Gasteiger partial charge in [0.05, 0.1) is 21.3 Å². The predicted octanol–water partition coefficient (Wildman–Crippen LogP) is 1.52. The molecular weight excluding hydrogens is 360 g/mol. The highest BCUT2D eigenvalue weighted by Gasteiger charge is 2.24. The van der Waals surface area contributed by atoms with Crippen molar-refractivity contribution in [1.82, 2.24) is 0 Å². The van der Waals surface area contributed by atoms with Gasteiger partial charge in [-0.2, -0.15) is 0 Å². The Kier molecular flexibility index (Phi) is 6.26. The standard InChI is InChI=1S/C21H26N2O5/c1-14(23(2)13-15-5-7-17(25-3)12-19(15)26-4)21(24)22-16-6-8-18-20(11-16)28-10-9-27-18/h5-8,11-12,14H,9-10,13H2,1-4H3,(H,22,24)/p+1/t14-/m0/s1. The van der Waals surface area contributed by atoms with E-state index in [0.717, 1.165) is 22.0 Å². The number of hydrogen-bond acceptors (Lipinski definition) is 5. The summed E-state index contributed by atoms with van der Waals surface area (Å²) in [5, 5.41) is 2.96. The highest BCUT2D eigenvalue weighted by Crippen LogP contribution is 2.32. The lowest BCUT2D eigenvalue weighted by Crippen LogP contribution is -3.12. The minimum absolute atomic E-state index is 0.0679. The van der Waals surface area contributed by atoms with Crippen molar-refractivity contribution < 1.29 is 28.6 Å². The molecule has 0 fully saturated rings. The maximum Gasteiger partial charge on any atom is 0.282 e. The summed E-state index contributed by atoms with van der Waals surface area (Å²) < 4.78 is 21.8. The summed E-state index contributed by atoms with van der Waals surface area (Å²) in [5.74, 6) is 2.77. The smallest absolute Gasteiger partial charge is 0.282 e. The molecule has 3 rings (SSSR count). The number of benzene rings is 2. The number of rotatable bonds is 7. The van der Waals surface area contributed by atoms with Gasteiger partial charge in [-0.1, -0.05) is 0 Å². The van der Waals surface area contributed by atoms with Crippen molar-refractivity contribution in [3.63, 3.8) is 0 Å². The molecule has 0 saturated heterocycles. The SMILES string of the molecule is COc1ccc(C[NH+](C)[C@@H](C)C(=O)Nc2ccc3c(c2)OCCO3)c(OC)c1. The molecule has 0 saturated carbocycles. The monoisotopic (exact) mass is 387 g/mol. The van der Waals surface area contributed by atoms with Crippen LogP contribution in [0.2, 0.25) is 0 Å². The second-order valence-electron chi connectivity index (χ2n) is 6.77. The van der Waals surface area contributed by atoms with Crippen LogP contribution in [0.1, 0.15) is 12.5 Å². The number of nitrogens with one attached hydrogen (secondary N) is 2. The Morgan fingerprint density at radius 3 is 2.57 bits per heavy atom. The summed E-state index contributed by atoms with van der Waals surface area (Å²) >= 11 is 0. The fraction of sp³-hybridized carbons (Fsp3) is 0.381. The van der Waals surface area contributed by atoms with E-state index in [4.69, 9.17) is 18.9 Å². The third-order valence-electron chi connectivity index (χ3n) is 4.91. The van der Waals surface area contributed by atoms with Crippen molar-refractivity contribution in [1.29, 1.82) is 0 Å². The number of fused-ring (bicyclic) bond motifs is 1. The molecule has 0 bridgehead atoms. The van der Waals surface area contributed by atoms with Crippen molar-refractivity contribution in [3.05, 3.63) is 42.0 Å². The fourth-order valence-corrected chi connectivity index (χ4v) is 3.05. The van der Waals surface area contributed by atoms with Crippen LogP contribution in [-0.4, -0.2) is 46.4 Å². The lowest BCUT2D eigenvalue weighted by atomic mass is 10.1. The quantitative estimate of drug-likeness (QED) is 0.754. The first-order valence-electron chi connectivity index (χ1n) is 9.25. The summed E-state index contributed by atoms with van der Waals surface area (Å²) in [7, 11) is 5.24. The van der Waals surface area contributed by atoms with Gasteiger partial charge < -0.3 is 29.2 Å². The Morgan fingerprint density at radius 1 is 1.11 bits per heavy atom. The summed E-state index contributed by atoms with van der Waals surface area (Å²) in [6.07, 6.45) is 0. The molecule has 28 heavy (non-hydrogen) atoms. The zero-order valence-electron chi connectivity index (χ0n) is 16.7. The Bertz CT molecular complexity index is 840. The number of methoxy groups -OCH3 is 2. The predicted molar refractivity (Wildman–Crippen MR) is 106 cm³/mol. The zero-order chi connectivity index (χ0) is 20.1. The van der Waals surface area contributed by atoms with Gasteiger partial charge in [0, 0.05) is 23.4 Å². The van der Waals surface area contributed by atoms with Gasteiger partial charge in [-0.25, -0.2) is 0 Å². The zero-order valence-corrected chi connectivity index (χ0v) is 16.7. The molecule has 0 radical (unpaired) electrons. The second kappa shape index (κ2) is 8.84. The maximum absolute atomic E-state index is 12.7. The normalized spacial score (nSPS) is 14.7. The lowest BCUT2D eigenvalue weighted by molar-refractivity contribution is -0.907. The average molecular weight is 387 g/mol. The van der Waals surface area contributed by atoms with Crippen LogP contribution < -0.4 is 29.2 Å². The van der Waals surface area contributed by atoms with E-state index in [-0.39, 0.29) is 11.9 Å². The topological polar surface area (TPSA) is 70.5 Å². The molecule has 7 heteroatoms. The van der Waals surface area contributed by atoms with Crippen LogP contribution >= 0.6 is 0 Å². The van der Waals surface area contributed by atoms with Crippen molar-refractivity contribution >= 4 is 11.6 Å². The van der Waals surface area contributed by atoms with Crippen molar-refractivity contribution in [2.24, 2.45) is 0 Å². The molecule has 1 aliphatic heterocycles. The van der Waals surface area contributed by atoms with E-state index in [1.165, 1.54) is 0 Å². The van der Waals surface area contributed by atoms with Crippen LogP contribution in [0.15, 0.2) is 36.4 Å². The van der Waals surface area contributed by atoms with Crippen LogP contribution in [0.25, 0.3) is 0 Å². The number of likely N-dealkylation sites (N-methyl/N-ethyl adjacent to an activating group) is 1.